The van der Waals surface area contributed by atoms with Gasteiger partial charge >= 0.3 is 0 Å². The number of rotatable bonds is 6. The molecule has 0 heterocycles. The Labute approximate surface area is 165 Å². The van der Waals surface area contributed by atoms with E-state index in [1.807, 2.05) is 0 Å². The van der Waals surface area contributed by atoms with E-state index in [9.17, 15) is 21.6 Å². The Bertz CT molecular complexity index is 1110. The van der Waals surface area contributed by atoms with Crippen molar-refractivity contribution in [1.29, 1.82) is 0 Å². The first-order valence-corrected chi connectivity index (χ1v) is 11.9. The highest BCUT2D eigenvalue weighted by Crippen LogP contribution is 2.24. The quantitative estimate of drug-likeness (QED) is 0.763. The van der Waals surface area contributed by atoms with E-state index in [2.05, 4.69) is 5.32 Å². The van der Waals surface area contributed by atoms with Crippen molar-refractivity contribution in [2.75, 3.05) is 40.5 Å². The monoisotopic (exact) mass is 425 g/mol. The molecule has 0 radical (unpaired) electrons. The summed E-state index contributed by atoms with van der Waals surface area (Å²) in [6.45, 7) is 1.72. The zero-order valence-corrected chi connectivity index (χ0v) is 17.9. The lowest BCUT2D eigenvalue weighted by Crippen LogP contribution is -2.25. The lowest BCUT2D eigenvalue weighted by atomic mass is 10.1. The molecule has 0 aromatic heterocycles. The molecule has 1 N–H and O–H groups in total. The Morgan fingerprint density at radius 1 is 0.893 bits per heavy atom. The second-order valence-corrected chi connectivity index (χ2v) is 10.5. The number of amides is 1. The number of hydrogen-bond donors (Lipinski definition) is 1. The third kappa shape index (κ3) is 5.02. The molecule has 152 valence electrons. The Morgan fingerprint density at radius 2 is 1.50 bits per heavy atom. The van der Waals surface area contributed by atoms with Crippen molar-refractivity contribution in [3.63, 3.8) is 0 Å². The Balaban J connectivity index is 2.26. The molecule has 28 heavy (non-hydrogen) atoms. The van der Waals surface area contributed by atoms with Gasteiger partial charge in [0, 0.05) is 25.3 Å². The van der Waals surface area contributed by atoms with E-state index >= 15 is 0 Å². The summed E-state index contributed by atoms with van der Waals surface area (Å²) in [6, 6.07) is 11.2. The van der Waals surface area contributed by atoms with Crippen LogP contribution >= 0.6 is 0 Å². The number of carbonyl (C=O) groups excluding carboxylic acids is 1. The van der Waals surface area contributed by atoms with Gasteiger partial charge in [0.05, 0.1) is 23.9 Å². The van der Waals surface area contributed by atoms with Crippen molar-refractivity contribution in [3.8, 4) is 0 Å². The number of nitrogens with zero attached hydrogens (tertiary/aromatic N) is 2. The molecule has 1 amide bonds. The summed E-state index contributed by atoms with van der Waals surface area (Å²) in [4.78, 5) is 12.5. The fraction of sp³-hybridized carbons (Fsp3) is 0.278. The van der Waals surface area contributed by atoms with Crippen LogP contribution in [0.3, 0.4) is 0 Å². The second kappa shape index (κ2) is 7.80. The molecule has 2 aromatic carbocycles. The smallest absolute Gasteiger partial charge is 0.255 e. The SMILES string of the molecule is Cc1cc(C(=O)Nc2cccc(N(C)S(C)(=O)=O)c2)ccc1N(C)S(C)(=O)=O. The maximum atomic E-state index is 12.5. The number of hydrogen-bond acceptors (Lipinski definition) is 5. The van der Waals surface area contributed by atoms with Gasteiger partial charge in [-0.2, -0.15) is 0 Å². The van der Waals surface area contributed by atoms with Gasteiger partial charge in [0.25, 0.3) is 5.91 Å². The molecule has 0 spiro atoms. The summed E-state index contributed by atoms with van der Waals surface area (Å²) >= 11 is 0. The van der Waals surface area contributed by atoms with Crippen LogP contribution in [0.4, 0.5) is 17.1 Å². The van der Waals surface area contributed by atoms with Crippen LogP contribution < -0.4 is 13.9 Å². The van der Waals surface area contributed by atoms with E-state index in [0.717, 1.165) is 21.1 Å². The first-order chi connectivity index (χ1) is 12.8. The molecule has 0 saturated heterocycles. The molecule has 0 aliphatic rings. The number of nitrogens with one attached hydrogen (secondary N) is 1. The van der Waals surface area contributed by atoms with Gasteiger partial charge in [0.1, 0.15) is 0 Å². The first kappa shape index (κ1) is 21.7. The van der Waals surface area contributed by atoms with Gasteiger partial charge in [0.2, 0.25) is 20.0 Å². The Morgan fingerprint density at radius 3 is 2.04 bits per heavy atom. The van der Waals surface area contributed by atoms with Crippen molar-refractivity contribution >= 4 is 43.0 Å². The van der Waals surface area contributed by atoms with Crippen LogP contribution in [0.15, 0.2) is 42.5 Å². The summed E-state index contributed by atoms with van der Waals surface area (Å²) < 4.78 is 49.0. The van der Waals surface area contributed by atoms with E-state index in [4.69, 9.17) is 0 Å². The van der Waals surface area contributed by atoms with Gasteiger partial charge in [0.15, 0.2) is 0 Å². The van der Waals surface area contributed by atoms with E-state index in [1.54, 1.807) is 43.3 Å². The van der Waals surface area contributed by atoms with E-state index in [0.29, 0.717) is 28.2 Å². The van der Waals surface area contributed by atoms with Crippen molar-refractivity contribution in [1.82, 2.24) is 0 Å². The average Bonchev–Trinajstić information content (AvgIpc) is 2.59. The summed E-state index contributed by atoms with van der Waals surface area (Å²) in [6.07, 6.45) is 2.20. The van der Waals surface area contributed by atoms with Crippen LogP contribution in [-0.4, -0.2) is 49.3 Å². The lowest BCUT2D eigenvalue weighted by molar-refractivity contribution is 0.102. The fourth-order valence-electron chi connectivity index (χ4n) is 2.50. The van der Waals surface area contributed by atoms with E-state index in [-0.39, 0.29) is 0 Å². The molecule has 2 aromatic rings. The predicted molar refractivity (Wildman–Crippen MR) is 112 cm³/mol. The third-order valence-electron chi connectivity index (χ3n) is 4.26. The molecule has 0 aliphatic heterocycles. The Kier molecular flexibility index (Phi) is 6.05. The third-order valence-corrected chi connectivity index (χ3v) is 6.66. The van der Waals surface area contributed by atoms with E-state index < -0.39 is 26.0 Å². The van der Waals surface area contributed by atoms with Crippen molar-refractivity contribution < 1.29 is 21.6 Å². The molecular formula is C18H23N3O5S2. The zero-order chi connectivity index (χ0) is 21.3. The average molecular weight is 426 g/mol. The fourth-order valence-corrected chi connectivity index (χ4v) is 3.56. The van der Waals surface area contributed by atoms with Gasteiger partial charge in [-0.05, 0) is 48.9 Å². The van der Waals surface area contributed by atoms with Gasteiger partial charge in [-0.15, -0.1) is 0 Å². The molecule has 0 saturated carbocycles. The van der Waals surface area contributed by atoms with Gasteiger partial charge in [-0.3, -0.25) is 13.4 Å². The minimum Gasteiger partial charge on any atom is -0.322 e. The highest BCUT2D eigenvalue weighted by molar-refractivity contribution is 7.92. The predicted octanol–water partition coefficient (Wildman–Crippen LogP) is 2.04. The van der Waals surface area contributed by atoms with Crippen molar-refractivity contribution in [3.05, 3.63) is 53.6 Å². The highest BCUT2D eigenvalue weighted by Gasteiger charge is 2.17. The largest absolute Gasteiger partial charge is 0.322 e. The molecule has 0 aliphatic carbocycles. The lowest BCUT2D eigenvalue weighted by Gasteiger charge is -2.19. The number of anilines is 3. The molecule has 0 fully saturated rings. The molecule has 0 bridgehead atoms. The van der Waals surface area contributed by atoms with Crippen molar-refractivity contribution in [2.45, 2.75) is 6.92 Å². The summed E-state index contributed by atoms with van der Waals surface area (Å²) in [5.41, 5.74) is 2.32. The summed E-state index contributed by atoms with van der Waals surface area (Å²) in [5, 5.41) is 2.72. The molecule has 8 nitrogen and oxygen atoms in total. The van der Waals surface area contributed by atoms with Crippen LogP contribution in [0.25, 0.3) is 0 Å². The molecule has 0 unspecified atom stereocenters. The maximum Gasteiger partial charge on any atom is 0.255 e. The summed E-state index contributed by atoms with van der Waals surface area (Å²) in [7, 11) is -3.95. The second-order valence-electron chi connectivity index (χ2n) is 6.47. The molecule has 2 rings (SSSR count). The zero-order valence-electron chi connectivity index (χ0n) is 16.3. The number of carbonyl (C=O) groups is 1. The van der Waals surface area contributed by atoms with Crippen molar-refractivity contribution in [2.24, 2.45) is 0 Å². The minimum atomic E-state index is -3.42. The van der Waals surface area contributed by atoms with Crippen LogP contribution in [0.2, 0.25) is 0 Å². The minimum absolute atomic E-state index is 0.352. The first-order valence-electron chi connectivity index (χ1n) is 8.20. The van der Waals surface area contributed by atoms with Gasteiger partial charge in [-0.25, -0.2) is 16.8 Å². The molecular weight excluding hydrogens is 402 g/mol. The van der Waals surface area contributed by atoms with Gasteiger partial charge < -0.3 is 5.32 Å². The topological polar surface area (TPSA) is 104 Å². The van der Waals surface area contributed by atoms with Crippen LogP contribution in [0.5, 0.6) is 0 Å². The van der Waals surface area contributed by atoms with E-state index in [1.165, 1.54) is 20.2 Å². The van der Waals surface area contributed by atoms with Crippen LogP contribution in [0.1, 0.15) is 15.9 Å². The van der Waals surface area contributed by atoms with Gasteiger partial charge in [-0.1, -0.05) is 6.07 Å². The molecule has 10 heteroatoms. The Hall–Kier alpha value is -2.59. The normalized spacial score (nSPS) is 11.8. The summed E-state index contributed by atoms with van der Waals surface area (Å²) in [5.74, 6) is -0.393. The maximum absolute atomic E-state index is 12.5. The number of sulfonamides is 2. The highest BCUT2D eigenvalue weighted by atomic mass is 32.2. The molecule has 0 atom stereocenters. The standard InChI is InChI=1S/C18H23N3O5S2/c1-13-11-14(9-10-17(13)21(3)28(5,25)26)18(22)19-15-7-6-8-16(12-15)20(2)27(4,23)24/h6-12H,1-5H3,(H,19,22). The van der Waals surface area contributed by atoms with Crippen LogP contribution in [0, 0.1) is 6.92 Å². The van der Waals surface area contributed by atoms with Crippen LogP contribution in [-0.2, 0) is 20.0 Å². The number of benzene rings is 2. The number of aryl methyl sites for hydroxylation is 1.